The average Bonchev–Trinajstić information content (AvgIpc) is 2.90. The van der Waals surface area contributed by atoms with Crippen LogP contribution in [0.25, 0.3) is 6.08 Å². The maximum atomic E-state index is 11.9. The van der Waals surface area contributed by atoms with E-state index >= 15 is 0 Å². The number of para-hydroxylation sites is 2. The van der Waals surface area contributed by atoms with Crippen LogP contribution in [-0.2, 0) is 4.79 Å². The molecule has 0 saturated carbocycles. The van der Waals surface area contributed by atoms with E-state index in [1.165, 1.54) is 6.08 Å². The third-order valence-electron chi connectivity index (χ3n) is 2.77. The van der Waals surface area contributed by atoms with Crippen LogP contribution < -0.4 is 10.1 Å². The predicted octanol–water partition coefficient (Wildman–Crippen LogP) is 4.03. The van der Waals surface area contributed by atoms with Crippen LogP contribution in [0.5, 0.6) is 5.75 Å². The van der Waals surface area contributed by atoms with Crippen LogP contribution >= 0.6 is 0 Å². The highest BCUT2D eigenvalue weighted by atomic mass is 16.5. The Hall–Kier alpha value is -2.49. The molecular formula is C17H19NO3. The minimum Gasteiger partial charge on any atom is -0.491 e. The van der Waals surface area contributed by atoms with Gasteiger partial charge in [0.15, 0.2) is 0 Å². The first-order valence-electron chi connectivity index (χ1n) is 6.96. The molecule has 2 rings (SSSR count). The van der Waals surface area contributed by atoms with Crippen LogP contribution in [0.4, 0.5) is 5.69 Å². The van der Waals surface area contributed by atoms with E-state index in [0.29, 0.717) is 23.8 Å². The number of carbonyl (C=O) groups excluding carboxylic acids is 1. The largest absolute Gasteiger partial charge is 0.491 e. The van der Waals surface area contributed by atoms with Crippen LogP contribution in [-0.4, -0.2) is 12.5 Å². The minimum absolute atomic E-state index is 0.225. The molecule has 0 aliphatic carbocycles. The van der Waals surface area contributed by atoms with Crippen LogP contribution in [0, 0.1) is 6.92 Å². The minimum atomic E-state index is -0.225. The molecule has 0 bridgehead atoms. The normalized spacial score (nSPS) is 10.8. The van der Waals surface area contributed by atoms with Crippen LogP contribution in [0.2, 0.25) is 0 Å². The fraction of sp³-hybridized carbons (Fsp3) is 0.235. The van der Waals surface area contributed by atoms with Crippen molar-refractivity contribution in [1.29, 1.82) is 0 Å². The average molecular weight is 285 g/mol. The summed E-state index contributed by atoms with van der Waals surface area (Å²) in [6, 6.07) is 11.1. The third-order valence-corrected chi connectivity index (χ3v) is 2.77. The molecule has 0 atom stereocenters. The van der Waals surface area contributed by atoms with Crippen molar-refractivity contribution in [1.82, 2.24) is 0 Å². The molecule has 0 aliphatic rings. The van der Waals surface area contributed by atoms with E-state index in [9.17, 15) is 4.79 Å². The fourth-order valence-corrected chi connectivity index (χ4v) is 1.78. The van der Waals surface area contributed by atoms with Crippen molar-refractivity contribution in [2.24, 2.45) is 0 Å². The highest BCUT2D eigenvalue weighted by Gasteiger charge is 2.05. The van der Waals surface area contributed by atoms with Crippen molar-refractivity contribution in [2.45, 2.75) is 20.3 Å². The molecule has 1 aromatic carbocycles. The molecule has 1 N–H and O–H groups in total. The number of hydrogen-bond acceptors (Lipinski definition) is 3. The highest BCUT2D eigenvalue weighted by Crippen LogP contribution is 2.23. The Morgan fingerprint density at radius 1 is 1.29 bits per heavy atom. The molecule has 2 aromatic rings. The van der Waals surface area contributed by atoms with Gasteiger partial charge in [0.05, 0.1) is 12.3 Å². The maximum absolute atomic E-state index is 11.9. The van der Waals surface area contributed by atoms with Gasteiger partial charge in [-0.15, -0.1) is 0 Å². The molecule has 0 saturated heterocycles. The molecule has 110 valence electrons. The second-order valence-corrected chi connectivity index (χ2v) is 4.62. The quantitative estimate of drug-likeness (QED) is 0.815. The highest BCUT2D eigenvalue weighted by molar-refractivity contribution is 6.02. The first kappa shape index (κ1) is 14.9. The Morgan fingerprint density at radius 3 is 2.81 bits per heavy atom. The van der Waals surface area contributed by atoms with Crippen molar-refractivity contribution in [3.05, 3.63) is 54.0 Å². The van der Waals surface area contributed by atoms with E-state index in [1.54, 1.807) is 6.08 Å². The Labute approximate surface area is 124 Å². The van der Waals surface area contributed by atoms with Gasteiger partial charge in [-0.1, -0.05) is 19.1 Å². The standard InChI is InChI=1S/C17H19NO3/c1-3-12-20-16-7-5-4-6-15(16)18-17(19)11-10-14-9-8-13(2)21-14/h4-11H,3,12H2,1-2H3,(H,18,19)/b11-10+. The molecule has 1 amide bonds. The fourth-order valence-electron chi connectivity index (χ4n) is 1.78. The zero-order valence-corrected chi connectivity index (χ0v) is 12.3. The van der Waals surface area contributed by atoms with Gasteiger partial charge in [-0.05, 0) is 43.7 Å². The summed E-state index contributed by atoms with van der Waals surface area (Å²) in [5.74, 6) is 1.91. The molecule has 0 spiro atoms. The van der Waals surface area contributed by atoms with Gasteiger partial charge in [-0.3, -0.25) is 4.79 Å². The Balaban J connectivity index is 2.00. The van der Waals surface area contributed by atoms with E-state index in [0.717, 1.165) is 12.2 Å². The lowest BCUT2D eigenvalue weighted by Gasteiger charge is -2.10. The number of rotatable bonds is 6. The lowest BCUT2D eigenvalue weighted by Crippen LogP contribution is -2.09. The Kier molecular flexibility index (Phi) is 5.21. The van der Waals surface area contributed by atoms with Gasteiger partial charge in [0.2, 0.25) is 5.91 Å². The van der Waals surface area contributed by atoms with Gasteiger partial charge in [0, 0.05) is 6.08 Å². The molecule has 4 nitrogen and oxygen atoms in total. The number of benzene rings is 1. The number of anilines is 1. The molecule has 21 heavy (non-hydrogen) atoms. The number of ether oxygens (including phenoxy) is 1. The van der Waals surface area contributed by atoms with Gasteiger partial charge >= 0.3 is 0 Å². The predicted molar refractivity (Wildman–Crippen MR) is 83.3 cm³/mol. The van der Waals surface area contributed by atoms with Crippen molar-refractivity contribution in [3.8, 4) is 5.75 Å². The molecule has 0 fully saturated rings. The number of nitrogens with one attached hydrogen (secondary N) is 1. The van der Waals surface area contributed by atoms with E-state index in [1.807, 2.05) is 50.2 Å². The zero-order valence-electron chi connectivity index (χ0n) is 12.3. The van der Waals surface area contributed by atoms with Crippen LogP contribution in [0.1, 0.15) is 24.9 Å². The first-order valence-corrected chi connectivity index (χ1v) is 6.96. The molecule has 1 heterocycles. The summed E-state index contributed by atoms with van der Waals surface area (Å²) in [5.41, 5.74) is 0.663. The van der Waals surface area contributed by atoms with E-state index in [4.69, 9.17) is 9.15 Å². The van der Waals surface area contributed by atoms with Gasteiger partial charge in [0.1, 0.15) is 17.3 Å². The number of carbonyl (C=O) groups is 1. The molecule has 4 heteroatoms. The van der Waals surface area contributed by atoms with Crippen molar-refractivity contribution >= 4 is 17.7 Å². The summed E-state index contributed by atoms with van der Waals surface area (Å²) < 4.78 is 11.0. The van der Waals surface area contributed by atoms with E-state index < -0.39 is 0 Å². The number of amides is 1. The lowest BCUT2D eigenvalue weighted by atomic mass is 10.3. The van der Waals surface area contributed by atoms with Gasteiger partial charge < -0.3 is 14.5 Å². The number of furan rings is 1. The number of aryl methyl sites for hydroxylation is 1. The molecule has 1 aromatic heterocycles. The van der Waals surface area contributed by atoms with Gasteiger partial charge in [0.25, 0.3) is 0 Å². The summed E-state index contributed by atoms with van der Waals surface area (Å²) in [6.07, 6.45) is 3.99. The topological polar surface area (TPSA) is 51.5 Å². The summed E-state index contributed by atoms with van der Waals surface area (Å²) in [4.78, 5) is 11.9. The second kappa shape index (κ2) is 7.33. The second-order valence-electron chi connectivity index (χ2n) is 4.62. The Morgan fingerprint density at radius 2 is 2.10 bits per heavy atom. The van der Waals surface area contributed by atoms with Gasteiger partial charge in [-0.2, -0.15) is 0 Å². The molecular weight excluding hydrogens is 266 g/mol. The van der Waals surface area contributed by atoms with Crippen LogP contribution in [0.15, 0.2) is 46.9 Å². The number of hydrogen-bond donors (Lipinski definition) is 1. The van der Waals surface area contributed by atoms with E-state index in [-0.39, 0.29) is 5.91 Å². The van der Waals surface area contributed by atoms with Crippen molar-refractivity contribution < 1.29 is 13.9 Å². The van der Waals surface area contributed by atoms with Gasteiger partial charge in [-0.25, -0.2) is 0 Å². The summed E-state index contributed by atoms with van der Waals surface area (Å²) >= 11 is 0. The molecule has 0 unspecified atom stereocenters. The monoisotopic (exact) mass is 285 g/mol. The SMILES string of the molecule is CCCOc1ccccc1NC(=O)/C=C/c1ccc(C)o1. The van der Waals surface area contributed by atoms with Crippen LogP contribution in [0.3, 0.4) is 0 Å². The Bertz CT molecular complexity index is 628. The third kappa shape index (κ3) is 4.53. The van der Waals surface area contributed by atoms with Crippen molar-refractivity contribution in [3.63, 3.8) is 0 Å². The zero-order chi connectivity index (χ0) is 15.1. The van der Waals surface area contributed by atoms with Crippen molar-refractivity contribution in [2.75, 3.05) is 11.9 Å². The maximum Gasteiger partial charge on any atom is 0.248 e. The van der Waals surface area contributed by atoms with E-state index in [2.05, 4.69) is 5.32 Å². The molecule has 0 radical (unpaired) electrons. The summed E-state index contributed by atoms with van der Waals surface area (Å²) in [7, 11) is 0. The first-order chi connectivity index (χ1) is 10.2. The lowest BCUT2D eigenvalue weighted by molar-refractivity contribution is -0.111. The smallest absolute Gasteiger partial charge is 0.248 e. The summed E-state index contributed by atoms with van der Waals surface area (Å²) in [5, 5.41) is 2.80. The summed E-state index contributed by atoms with van der Waals surface area (Å²) in [6.45, 7) is 4.52. The molecule has 0 aliphatic heterocycles.